The molecule has 0 saturated heterocycles. The van der Waals surface area contributed by atoms with E-state index in [9.17, 15) is 4.79 Å². The third kappa shape index (κ3) is 2.09. The molecule has 5 rings (SSSR count). The van der Waals surface area contributed by atoms with Gasteiger partial charge in [-0.05, 0) is 47.9 Å². The number of allylic oxidation sites excluding steroid dienone is 1. The number of rotatable bonds is 0. The molecule has 0 amide bonds. The molecule has 1 aliphatic carbocycles. The van der Waals surface area contributed by atoms with Gasteiger partial charge in [-0.3, -0.25) is 4.79 Å². The molecular formula is C22H16OS2. The van der Waals surface area contributed by atoms with Gasteiger partial charge in [-0.15, -0.1) is 0 Å². The molecule has 3 heteroatoms. The second kappa shape index (κ2) is 5.26. The summed E-state index contributed by atoms with van der Waals surface area (Å²) in [5, 5.41) is 2.20. The first-order valence-corrected chi connectivity index (χ1v) is 9.97. The van der Waals surface area contributed by atoms with Crippen molar-refractivity contribution < 1.29 is 4.79 Å². The van der Waals surface area contributed by atoms with Crippen LogP contribution in [-0.4, -0.2) is 5.78 Å². The van der Waals surface area contributed by atoms with Crippen LogP contribution in [0.2, 0.25) is 0 Å². The van der Waals surface area contributed by atoms with E-state index in [0.29, 0.717) is 0 Å². The van der Waals surface area contributed by atoms with Gasteiger partial charge in [0.2, 0.25) is 0 Å². The van der Waals surface area contributed by atoms with E-state index < -0.39 is 5.41 Å². The van der Waals surface area contributed by atoms with Gasteiger partial charge in [0.1, 0.15) is 0 Å². The Labute approximate surface area is 155 Å². The Balaban J connectivity index is 1.80. The molecule has 3 aromatic rings. The average Bonchev–Trinajstić information content (AvgIpc) is 3.11. The van der Waals surface area contributed by atoms with Crippen LogP contribution in [-0.2, 0) is 0 Å². The Bertz CT molecular complexity index is 1070. The predicted octanol–water partition coefficient (Wildman–Crippen LogP) is 6.63. The Morgan fingerprint density at radius 2 is 1.44 bits per heavy atom. The van der Waals surface area contributed by atoms with Gasteiger partial charge in [-0.25, -0.2) is 0 Å². The van der Waals surface area contributed by atoms with E-state index in [0.717, 1.165) is 21.9 Å². The van der Waals surface area contributed by atoms with Crippen LogP contribution in [0.25, 0.3) is 16.3 Å². The third-order valence-corrected chi connectivity index (χ3v) is 7.64. The molecule has 0 radical (unpaired) electrons. The first-order chi connectivity index (χ1) is 12.1. The van der Waals surface area contributed by atoms with Gasteiger partial charge in [0.15, 0.2) is 5.78 Å². The average molecular weight is 361 g/mol. The van der Waals surface area contributed by atoms with E-state index in [1.807, 2.05) is 12.1 Å². The molecule has 3 aromatic carbocycles. The lowest BCUT2D eigenvalue weighted by Gasteiger charge is -2.20. The summed E-state index contributed by atoms with van der Waals surface area (Å²) in [5.74, 6) is 0.235. The van der Waals surface area contributed by atoms with Crippen LogP contribution in [0.1, 0.15) is 29.8 Å². The van der Waals surface area contributed by atoms with Gasteiger partial charge in [-0.2, -0.15) is 0 Å². The predicted molar refractivity (Wildman–Crippen MR) is 107 cm³/mol. The molecule has 0 saturated carbocycles. The van der Waals surface area contributed by atoms with Gasteiger partial charge < -0.3 is 0 Å². The number of Topliss-reactive ketones (excluding diaryl/α,β-unsaturated/α-hetero) is 1. The first-order valence-electron chi connectivity index (χ1n) is 8.34. The zero-order chi connectivity index (χ0) is 17.2. The minimum absolute atomic E-state index is 0.235. The minimum Gasteiger partial charge on any atom is -0.293 e. The standard InChI is InChI=1S/C22H16OS2/c1-22(2)19(21-24-16-9-5-6-10-17(16)25-21)15-12-11-13-7-3-4-8-14(13)18(15)20(22)23/h3-12H,1-2H3. The summed E-state index contributed by atoms with van der Waals surface area (Å²) in [5.41, 5.74) is 2.69. The summed E-state index contributed by atoms with van der Waals surface area (Å²) in [4.78, 5) is 15.9. The Morgan fingerprint density at radius 3 is 2.16 bits per heavy atom. The van der Waals surface area contributed by atoms with E-state index in [1.165, 1.54) is 19.6 Å². The molecule has 25 heavy (non-hydrogen) atoms. The lowest BCUT2D eigenvalue weighted by atomic mass is 9.85. The van der Waals surface area contributed by atoms with Crippen LogP contribution in [0.4, 0.5) is 0 Å². The molecule has 0 N–H and O–H groups in total. The van der Waals surface area contributed by atoms with Crippen molar-refractivity contribution in [3.8, 4) is 0 Å². The number of hydrogen-bond acceptors (Lipinski definition) is 3. The van der Waals surface area contributed by atoms with Crippen molar-refractivity contribution in [2.75, 3.05) is 0 Å². The fourth-order valence-corrected chi connectivity index (χ4v) is 6.71. The molecule has 1 aliphatic heterocycles. The third-order valence-electron chi connectivity index (χ3n) is 5.08. The topological polar surface area (TPSA) is 17.1 Å². The molecule has 1 nitrogen and oxygen atoms in total. The first kappa shape index (κ1) is 15.3. The molecular weight excluding hydrogens is 344 g/mol. The fraction of sp³-hybridized carbons (Fsp3) is 0.136. The van der Waals surface area contributed by atoms with Crippen molar-refractivity contribution in [1.82, 2.24) is 0 Å². The lowest BCUT2D eigenvalue weighted by molar-refractivity contribution is 0.0907. The monoisotopic (exact) mass is 360 g/mol. The molecule has 0 atom stereocenters. The molecule has 0 unspecified atom stereocenters. The van der Waals surface area contributed by atoms with E-state index in [1.54, 1.807) is 23.5 Å². The smallest absolute Gasteiger partial charge is 0.174 e. The van der Waals surface area contributed by atoms with Crippen LogP contribution in [0.3, 0.4) is 0 Å². The zero-order valence-corrected chi connectivity index (χ0v) is 15.6. The maximum atomic E-state index is 13.3. The van der Waals surface area contributed by atoms with Crippen molar-refractivity contribution in [3.05, 3.63) is 76.0 Å². The molecule has 0 bridgehead atoms. The van der Waals surface area contributed by atoms with Crippen molar-refractivity contribution in [1.29, 1.82) is 0 Å². The van der Waals surface area contributed by atoms with Gasteiger partial charge in [0.05, 0.1) is 9.65 Å². The highest BCUT2D eigenvalue weighted by molar-refractivity contribution is 8.25. The van der Waals surface area contributed by atoms with E-state index in [2.05, 4.69) is 62.4 Å². The second-order valence-corrected chi connectivity index (χ2v) is 9.34. The summed E-state index contributed by atoms with van der Waals surface area (Å²) in [7, 11) is 0. The van der Waals surface area contributed by atoms with Gasteiger partial charge in [0.25, 0.3) is 0 Å². The molecule has 0 fully saturated rings. The van der Waals surface area contributed by atoms with Crippen LogP contribution in [0.5, 0.6) is 0 Å². The highest BCUT2D eigenvalue weighted by Gasteiger charge is 2.45. The molecule has 2 aliphatic rings. The maximum Gasteiger partial charge on any atom is 0.174 e. The highest BCUT2D eigenvalue weighted by Crippen LogP contribution is 2.60. The van der Waals surface area contributed by atoms with E-state index >= 15 is 0 Å². The summed E-state index contributed by atoms with van der Waals surface area (Å²) in [6.45, 7) is 4.13. The maximum absolute atomic E-state index is 13.3. The van der Waals surface area contributed by atoms with Gasteiger partial charge in [-0.1, -0.05) is 72.1 Å². The van der Waals surface area contributed by atoms with E-state index in [-0.39, 0.29) is 5.78 Å². The number of carbonyl (C=O) groups is 1. The summed E-state index contributed by atoms with van der Waals surface area (Å²) in [6.07, 6.45) is 0. The molecule has 0 aromatic heterocycles. The Morgan fingerprint density at radius 1 is 0.800 bits per heavy atom. The van der Waals surface area contributed by atoms with Crippen LogP contribution >= 0.6 is 23.5 Å². The van der Waals surface area contributed by atoms with Crippen molar-refractivity contribution in [2.24, 2.45) is 5.41 Å². The summed E-state index contributed by atoms with van der Waals surface area (Å²) in [6, 6.07) is 20.9. The lowest BCUT2D eigenvalue weighted by Crippen LogP contribution is -2.19. The zero-order valence-electron chi connectivity index (χ0n) is 14.0. The van der Waals surface area contributed by atoms with Crippen molar-refractivity contribution in [2.45, 2.75) is 23.6 Å². The largest absolute Gasteiger partial charge is 0.293 e. The number of thioether (sulfide) groups is 2. The Hall–Kier alpha value is -1.97. The van der Waals surface area contributed by atoms with Crippen LogP contribution < -0.4 is 0 Å². The quantitative estimate of drug-likeness (QED) is 0.448. The SMILES string of the molecule is CC1(C)C(=O)c2c(ccc3ccccc23)C1=C1Sc2ccccc2S1. The minimum atomic E-state index is -0.496. The number of hydrogen-bond donors (Lipinski definition) is 0. The number of carbonyl (C=O) groups excluding carboxylic acids is 1. The van der Waals surface area contributed by atoms with Crippen LogP contribution in [0.15, 0.2) is 74.7 Å². The highest BCUT2D eigenvalue weighted by atomic mass is 32.2. The summed E-state index contributed by atoms with van der Waals surface area (Å²) < 4.78 is 1.24. The number of fused-ring (bicyclic) bond motifs is 4. The van der Waals surface area contributed by atoms with E-state index in [4.69, 9.17) is 0 Å². The second-order valence-electron chi connectivity index (χ2n) is 6.98. The molecule has 0 spiro atoms. The molecule has 1 heterocycles. The van der Waals surface area contributed by atoms with Gasteiger partial charge in [0, 0.05) is 15.4 Å². The molecule has 122 valence electrons. The normalized spacial score (nSPS) is 17.9. The number of benzene rings is 3. The fourth-order valence-electron chi connectivity index (χ4n) is 3.79. The van der Waals surface area contributed by atoms with Gasteiger partial charge >= 0.3 is 0 Å². The summed E-state index contributed by atoms with van der Waals surface area (Å²) >= 11 is 3.59. The Kier molecular flexibility index (Phi) is 3.22. The van der Waals surface area contributed by atoms with Crippen molar-refractivity contribution >= 4 is 45.7 Å². The van der Waals surface area contributed by atoms with Crippen molar-refractivity contribution in [3.63, 3.8) is 0 Å². The van der Waals surface area contributed by atoms with Crippen LogP contribution in [0, 0.1) is 5.41 Å². The number of ketones is 1.